The van der Waals surface area contributed by atoms with E-state index in [2.05, 4.69) is 35.9 Å². The lowest BCUT2D eigenvalue weighted by Gasteiger charge is -2.24. The van der Waals surface area contributed by atoms with E-state index in [1.54, 1.807) is 12.4 Å². The van der Waals surface area contributed by atoms with E-state index in [1.165, 1.54) is 31.3 Å². The van der Waals surface area contributed by atoms with Gasteiger partial charge in [-0.15, -0.1) is 0 Å². The van der Waals surface area contributed by atoms with E-state index >= 15 is 0 Å². The first-order chi connectivity index (χ1) is 15.3. The van der Waals surface area contributed by atoms with Gasteiger partial charge < -0.3 is 31.7 Å². The summed E-state index contributed by atoms with van der Waals surface area (Å²) >= 11 is 1.51. The summed E-state index contributed by atoms with van der Waals surface area (Å²) < 4.78 is 0. The fourth-order valence-electron chi connectivity index (χ4n) is 2.95. The molecule has 174 valence electrons. The number of thioether (sulfide) groups is 1. The Morgan fingerprint density at radius 1 is 0.938 bits per heavy atom. The number of primary amides is 1. The predicted molar refractivity (Wildman–Crippen MR) is 118 cm³/mol. The summed E-state index contributed by atoms with van der Waals surface area (Å²) in [5.74, 6) is -1.60. The molecule has 0 saturated heterocycles. The van der Waals surface area contributed by atoms with Crippen LogP contribution in [0, 0.1) is 0 Å². The first-order valence-electron chi connectivity index (χ1n) is 9.91. The number of amides is 4. The van der Waals surface area contributed by atoms with Crippen molar-refractivity contribution in [2.45, 2.75) is 44.3 Å². The Bertz CT molecular complexity index is 887. The number of carbonyl (C=O) groups is 4. The monoisotopic (exact) mass is 464 g/mol. The molecule has 3 atom stereocenters. The second kappa shape index (κ2) is 12.5. The van der Waals surface area contributed by atoms with Gasteiger partial charge in [0.1, 0.15) is 18.1 Å². The maximum Gasteiger partial charge on any atom is 0.243 e. The van der Waals surface area contributed by atoms with Crippen LogP contribution in [0.5, 0.6) is 0 Å². The van der Waals surface area contributed by atoms with Crippen molar-refractivity contribution in [3.8, 4) is 0 Å². The van der Waals surface area contributed by atoms with E-state index in [1.807, 2.05) is 6.26 Å². The smallest absolute Gasteiger partial charge is 0.243 e. The molecule has 4 amide bonds. The maximum atomic E-state index is 12.9. The molecule has 0 fully saturated rings. The highest BCUT2D eigenvalue weighted by molar-refractivity contribution is 7.98. The van der Waals surface area contributed by atoms with E-state index in [4.69, 9.17) is 5.73 Å². The quantitative estimate of drug-likeness (QED) is 0.211. The van der Waals surface area contributed by atoms with Crippen LogP contribution >= 0.6 is 11.8 Å². The lowest BCUT2D eigenvalue weighted by molar-refractivity contribution is -0.133. The number of nitrogens with one attached hydrogen (secondary N) is 5. The normalized spacial score (nSPS) is 13.6. The molecule has 2 aromatic heterocycles. The van der Waals surface area contributed by atoms with Crippen molar-refractivity contribution < 1.29 is 19.2 Å². The molecule has 0 radical (unpaired) electrons. The summed E-state index contributed by atoms with van der Waals surface area (Å²) in [6, 6.07) is -2.84. The SMILES string of the molecule is CSCC[C@H](NC(=O)[C@H](Cc1c[nH]cn1)NC(C)=O)C(=O)N[C@@H](Cc1c[nH]cn1)C(N)=O. The number of aromatic nitrogens is 4. The number of hydrogen-bond donors (Lipinski definition) is 6. The molecule has 2 aromatic rings. The van der Waals surface area contributed by atoms with Gasteiger partial charge in [0.15, 0.2) is 0 Å². The average Bonchev–Trinajstić information content (AvgIpc) is 3.43. The molecule has 0 bridgehead atoms. The van der Waals surface area contributed by atoms with Crippen LogP contribution < -0.4 is 21.7 Å². The highest BCUT2D eigenvalue weighted by Crippen LogP contribution is 2.06. The molecule has 12 nitrogen and oxygen atoms in total. The van der Waals surface area contributed by atoms with Gasteiger partial charge in [-0.05, 0) is 18.4 Å². The summed E-state index contributed by atoms with van der Waals surface area (Å²) in [6.45, 7) is 1.30. The maximum absolute atomic E-state index is 12.9. The molecular weight excluding hydrogens is 436 g/mol. The lowest BCUT2D eigenvalue weighted by atomic mass is 10.1. The number of rotatable bonds is 13. The second-order valence-electron chi connectivity index (χ2n) is 7.09. The van der Waals surface area contributed by atoms with Crippen molar-refractivity contribution in [2.75, 3.05) is 12.0 Å². The molecule has 0 aliphatic carbocycles. The molecule has 0 spiro atoms. The van der Waals surface area contributed by atoms with E-state index < -0.39 is 41.8 Å². The third-order valence-electron chi connectivity index (χ3n) is 4.53. The summed E-state index contributed by atoms with van der Waals surface area (Å²) in [6.07, 6.45) is 8.60. The predicted octanol–water partition coefficient (Wildman–Crippen LogP) is -1.37. The number of imidazole rings is 2. The van der Waals surface area contributed by atoms with E-state index in [0.717, 1.165) is 0 Å². The minimum Gasteiger partial charge on any atom is -0.368 e. The van der Waals surface area contributed by atoms with Gasteiger partial charge in [-0.3, -0.25) is 19.2 Å². The molecule has 0 saturated carbocycles. The Labute approximate surface area is 189 Å². The number of nitrogens with zero attached hydrogens (tertiary/aromatic N) is 2. The fourth-order valence-corrected chi connectivity index (χ4v) is 3.42. The molecule has 13 heteroatoms. The molecule has 0 aromatic carbocycles. The zero-order valence-electron chi connectivity index (χ0n) is 17.9. The molecular formula is C19H28N8O4S. The Kier molecular flexibility index (Phi) is 9.73. The van der Waals surface area contributed by atoms with Crippen LogP contribution in [-0.2, 0) is 32.0 Å². The standard InChI is InChI=1S/C19H28N8O4S/c1-11(28)25-16(6-13-8-22-10-24-13)19(31)26-14(3-4-32-2)18(30)27-15(17(20)29)5-12-7-21-9-23-12/h7-10,14-16H,3-6H2,1-2H3,(H2,20,29)(H,21,23)(H,22,24)(H,25,28)(H,26,31)(H,27,30)/t14-,15-,16-/m0/s1. The third kappa shape index (κ3) is 8.06. The van der Waals surface area contributed by atoms with E-state index in [-0.39, 0.29) is 12.8 Å². The first kappa shape index (κ1) is 24.9. The summed E-state index contributed by atoms with van der Waals surface area (Å²) in [5, 5.41) is 7.86. The molecule has 7 N–H and O–H groups in total. The van der Waals surface area contributed by atoms with E-state index in [0.29, 0.717) is 23.6 Å². The van der Waals surface area contributed by atoms with Gasteiger partial charge in [0, 0.05) is 32.2 Å². The topological polar surface area (TPSA) is 188 Å². The largest absolute Gasteiger partial charge is 0.368 e. The Morgan fingerprint density at radius 3 is 1.94 bits per heavy atom. The highest BCUT2D eigenvalue weighted by atomic mass is 32.2. The lowest BCUT2D eigenvalue weighted by Crippen LogP contribution is -2.57. The van der Waals surface area contributed by atoms with Crippen molar-refractivity contribution in [2.24, 2.45) is 5.73 Å². The number of nitrogens with two attached hydrogens (primary N) is 1. The molecule has 0 aliphatic heterocycles. The van der Waals surface area contributed by atoms with Crippen LogP contribution in [0.25, 0.3) is 0 Å². The fraction of sp³-hybridized carbons (Fsp3) is 0.474. The van der Waals surface area contributed by atoms with Crippen LogP contribution in [0.15, 0.2) is 25.0 Å². The zero-order valence-corrected chi connectivity index (χ0v) is 18.7. The van der Waals surface area contributed by atoms with Crippen LogP contribution in [0.4, 0.5) is 0 Å². The van der Waals surface area contributed by atoms with Crippen molar-refractivity contribution in [3.63, 3.8) is 0 Å². The Balaban J connectivity index is 2.09. The van der Waals surface area contributed by atoms with Crippen LogP contribution in [-0.4, -0.2) is 73.7 Å². The van der Waals surface area contributed by atoms with Gasteiger partial charge in [0.2, 0.25) is 23.6 Å². The van der Waals surface area contributed by atoms with Gasteiger partial charge in [-0.2, -0.15) is 11.8 Å². The number of carbonyl (C=O) groups excluding carboxylic acids is 4. The van der Waals surface area contributed by atoms with Crippen molar-refractivity contribution >= 4 is 35.4 Å². The summed E-state index contributed by atoms with van der Waals surface area (Å²) in [7, 11) is 0. The zero-order chi connectivity index (χ0) is 23.5. The Morgan fingerprint density at radius 2 is 1.47 bits per heavy atom. The number of H-pyrrole nitrogens is 2. The molecule has 2 heterocycles. The van der Waals surface area contributed by atoms with Crippen molar-refractivity contribution in [1.29, 1.82) is 0 Å². The summed E-state index contributed by atoms with van der Waals surface area (Å²) in [4.78, 5) is 62.9. The second-order valence-corrected chi connectivity index (χ2v) is 8.07. The van der Waals surface area contributed by atoms with Crippen LogP contribution in [0.2, 0.25) is 0 Å². The third-order valence-corrected chi connectivity index (χ3v) is 5.18. The Hall–Kier alpha value is -3.35. The molecule has 0 unspecified atom stereocenters. The van der Waals surface area contributed by atoms with Gasteiger partial charge in [0.05, 0.1) is 24.0 Å². The average molecular weight is 465 g/mol. The molecule has 32 heavy (non-hydrogen) atoms. The van der Waals surface area contributed by atoms with Gasteiger partial charge in [-0.25, -0.2) is 9.97 Å². The number of hydrogen-bond acceptors (Lipinski definition) is 7. The molecule has 2 rings (SSSR count). The van der Waals surface area contributed by atoms with Crippen LogP contribution in [0.3, 0.4) is 0 Å². The molecule has 0 aliphatic rings. The van der Waals surface area contributed by atoms with Gasteiger partial charge in [0.25, 0.3) is 0 Å². The first-order valence-corrected chi connectivity index (χ1v) is 11.3. The van der Waals surface area contributed by atoms with Gasteiger partial charge >= 0.3 is 0 Å². The van der Waals surface area contributed by atoms with Crippen molar-refractivity contribution in [1.82, 2.24) is 35.9 Å². The van der Waals surface area contributed by atoms with E-state index in [9.17, 15) is 19.2 Å². The van der Waals surface area contributed by atoms with Crippen LogP contribution in [0.1, 0.15) is 24.7 Å². The van der Waals surface area contributed by atoms with Crippen molar-refractivity contribution in [3.05, 3.63) is 36.4 Å². The minimum absolute atomic E-state index is 0.113. The van der Waals surface area contributed by atoms with Gasteiger partial charge in [-0.1, -0.05) is 0 Å². The summed E-state index contributed by atoms with van der Waals surface area (Å²) in [5.41, 5.74) is 6.58. The minimum atomic E-state index is -0.991. The highest BCUT2D eigenvalue weighted by Gasteiger charge is 2.29. The number of aromatic amines is 2.